The van der Waals surface area contributed by atoms with Gasteiger partial charge in [-0.2, -0.15) is 0 Å². The minimum Gasteiger partial charge on any atom is -0.346 e. The highest BCUT2D eigenvalue weighted by Crippen LogP contribution is 2.43. The van der Waals surface area contributed by atoms with Crippen LogP contribution >= 0.6 is 0 Å². The van der Waals surface area contributed by atoms with Gasteiger partial charge in [0.05, 0.1) is 13.2 Å². The molecule has 2 fully saturated rings. The molecular weight excluding hydrogens is 168 g/mol. The van der Waals surface area contributed by atoms with E-state index in [1.54, 1.807) is 0 Å². The van der Waals surface area contributed by atoms with Crippen LogP contribution in [0.5, 0.6) is 0 Å². The molecule has 3 heterocycles. The molecule has 3 aliphatic heterocycles. The van der Waals surface area contributed by atoms with Crippen LogP contribution < -0.4 is 0 Å². The molecule has 0 aromatic rings. The Morgan fingerprint density at radius 3 is 1.77 bits per heavy atom. The molecule has 3 heteroatoms. The second-order valence-corrected chi connectivity index (χ2v) is 3.96. The molecule has 0 radical (unpaired) electrons. The highest BCUT2D eigenvalue weighted by atomic mass is 16.8. The molecular formula is C10H14O3. The molecule has 0 saturated carbocycles. The highest BCUT2D eigenvalue weighted by molar-refractivity contribution is 5.13. The van der Waals surface area contributed by atoms with Gasteiger partial charge in [0.25, 0.3) is 0 Å². The molecule has 3 nitrogen and oxygen atoms in total. The van der Waals surface area contributed by atoms with Crippen molar-refractivity contribution in [2.24, 2.45) is 0 Å². The van der Waals surface area contributed by atoms with E-state index >= 15 is 0 Å². The van der Waals surface area contributed by atoms with E-state index in [0.29, 0.717) is 0 Å². The third-order valence-electron chi connectivity index (χ3n) is 2.97. The first kappa shape index (κ1) is 7.97. The van der Waals surface area contributed by atoms with E-state index in [4.69, 9.17) is 14.2 Å². The van der Waals surface area contributed by atoms with Gasteiger partial charge < -0.3 is 14.2 Å². The van der Waals surface area contributed by atoms with Crippen LogP contribution in [0.25, 0.3) is 0 Å². The molecule has 0 amide bonds. The van der Waals surface area contributed by atoms with Gasteiger partial charge in [-0.1, -0.05) is 0 Å². The van der Waals surface area contributed by atoms with Crippen LogP contribution in [0.15, 0.2) is 12.2 Å². The summed E-state index contributed by atoms with van der Waals surface area (Å²) in [5.74, 6) is -0.880. The van der Waals surface area contributed by atoms with Gasteiger partial charge >= 0.3 is 0 Å². The van der Waals surface area contributed by atoms with E-state index in [1.807, 2.05) is 12.2 Å². The average molecular weight is 182 g/mol. The average Bonchev–Trinajstić information content (AvgIpc) is 2.81. The van der Waals surface area contributed by atoms with Gasteiger partial charge in [0.2, 0.25) is 0 Å². The van der Waals surface area contributed by atoms with Crippen molar-refractivity contribution in [2.75, 3.05) is 13.2 Å². The Bertz CT molecular complexity index is 211. The summed E-state index contributed by atoms with van der Waals surface area (Å²) in [7, 11) is 0. The van der Waals surface area contributed by atoms with Gasteiger partial charge in [-0.25, -0.2) is 0 Å². The fourth-order valence-corrected chi connectivity index (χ4v) is 2.31. The van der Waals surface area contributed by atoms with Crippen LogP contribution in [0.3, 0.4) is 0 Å². The van der Waals surface area contributed by atoms with Gasteiger partial charge in [-0.15, -0.1) is 0 Å². The SMILES string of the molecule is C1=C[C@]2(CCCO2)OC12CCCO2. The Balaban J connectivity index is 1.81. The van der Waals surface area contributed by atoms with Crippen molar-refractivity contribution in [3.05, 3.63) is 12.2 Å². The summed E-state index contributed by atoms with van der Waals surface area (Å²) < 4.78 is 17.1. The van der Waals surface area contributed by atoms with E-state index in [9.17, 15) is 0 Å². The summed E-state index contributed by atoms with van der Waals surface area (Å²) in [6.45, 7) is 1.61. The van der Waals surface area contributed by atoms with E-state index in [2.05, 4.69) is 0 Å². The molecule has 0 bridgehead atoms. The van der Waals surface area contributed by atoms with Crippen LogP contribution in [0.2, 0.25) is 0 Å². The molecule has 2 saturated heterocycles. The summed E-state index contributed by atoms with van der Waals surface area (Å²) in [6.07, 6.45) is 8.17. The van der Waals surface area contributed by atoms with Crippen molar-refractivity contribution in [1.82, 2.24) is 0 Å². The minimum absolute atomic E-state index is 0.440. The third kappa shape index (κ3) is 1.15. The fourth-order valence-electron chi connectivity index (χ4n) is 2.31. The molecule has 0 aromatic carbocycles. The zero-order valence-electron chi connectivity index (χ0n) is 7.62. The molecule has 13 heavy (non-hydrogen) atoms. The van der Waals surface area contributed by atoms with Crippen LogP contribution in [0.1, 0.15) is 25.7 Å². The summed E-state index contributed by atoms with van der Waals surface area (Å²) in [6, 6.07) is 0. The van der Waals surface area contributed by atoms with Crippen molar-refractivity contribution in [3.63, 3.8) is 0 Å². The van der Waals surface area contributed by atoms with Crippen molar-refractivity contribution in [1.29, 1.82) is 0 Å². The number of hydrogen-bond donors (Lipinski definition) is 0. The first-order chi connectivity index (χ1) is 6.33. The molecule has 0 aromatic heterocycles. The molecule has 2 spiro atoms. The van der Waals surface area contributed by atoms with E-state index in [-0.39, 0.29) is 0 Å². The fraction of sp³-hybridized carbons (Fsp3) is 0.800. The van der Waals surface area contributed by atoms with Crippen molar-refractivity contribution in [2.45, 2.75) is 37.3 Å². The van der Waals surface area contributed by atoms with Gasteiger partial charge in [0.1, 0.15) is 0 Å². The minimum atomic E-state index is -0.440. The Kier molecular flexibility index (Phi) is 1.57. The molecule has 2 atom stereocenters. The molecule has 1 unspecified atom stereocenters. The lowest BCUT2D eigenvalue weighted by molar-refractivity contribution is -0.279. The lowest BCUT2D eigenvalue weighted by atomic mass is 10.2. The van der Waals surface area contributed by atoms with Gasteiger partial charge in [0.15, 0.2) is 11.6 Å². The smallest absolute Gasteiger partial charge is 0.191 e. The zero-order chi connectivity index (χ0) is 8.78. The van der Waals surface area contributed by atoms with E-state index < -0.39 is 11.6 Å². The van der Waals surface area contributed by atoms with E-state index in [1.165, 1.54) is 0 Å². The van der Waals surface area contributed by atoms with Crippen LogP contribution in [-0.4, -0.2) is 24.8 Å². The maximum absolute atomic E-state index is 5.90. The summed E-state index contributed by atoms with van der Waals surface area (Å²) in [5.41, 5.74) is 0. The number of rotatable bonds is 0. The summed E-state index contributed by atoms with van der Waals surface area (Å²) >= 11 is 0. The highest BCUT2D eigenvalue weighted by Gasteiger charge is 2.49. The first-order valence-corrected chi connectivity index (χ1v) is 5.01. The van der Waals surface area contributed by atoms with Crippen molar-refractivity contribution in [3.8, 4) is 0 Å². The Morgan fingerprint density at radius 1 is 0.846 bits per heavy atom. The van der Waals surface area contributed by atoms with Crippen LogP contribution in [-0.2, 0) is 14.2 Å². The quantitative estimate of drug-likeness (QED) is 0.532. The Labute approximate surface area is 77.7 Å². The second-order valence-electron chi connectivity index (χ2n) is 3.96. The molecule has 3 rings (SSSR count). The standard InChI is InChI=1S/C10H14O3/c1-3-9(11-7-1)5-6-10(13-9)4-2-8-12-10/h5-6H,1-4,7-8H2/t9-,10?/m0/s1. The van der Waals surface area contributed by atoms with Crippen LogP contribution in [0, 0.1) is 0 Å². The lowest BCUT2D eigenvalue weighted by Crippen LogP contribution is -2.35. The summed E-state index contributed by atoms with van der Waals surface area (Å²) in [4.78, 5) is 0. The Hall–Kier alpha value is -0.380. The number of ether oxygens (including phenoxy) is 3. The lowest BCUT2D eigenvalue weighted by Gasteiger charge is -2.28. The van der Waals surface area contributed by atoms with Gasteiger partial charge in [-0.3, -0.25) is 0 Å². The zero-order valence-corrected chi connectivity index (χ0v) is 7.62. The first-order valence-electron chi connectivity index (χ1n) is 5.01. The second kappa shape index (κ2) is 2.56. The maximum Gasteiger partial charge on any atom is 0.191 e. The monoisotopic (exact) mass is 182 g/mol. The largest absolute Gasteiger partial charge is 0.346 e. The maximum atomic E-state index is 5.90. The third-order valence-corrected chi connectivity index (χ3v) is 2.97. The normalized spacial score (nSPS) is 48.6. The summed E-state index contributed by atoms with van der Waals surface area (Å²) in [5, 5.41) is 0. The van der Waals surface area contributed by atoms with Crippen molar-refractivity contribution >= 4 is 0 Å². The molecule has 72 valence electrons. The van der Waals surface area contributed by atoms with Gasteiger partial charge in [0, 0.05) is 12.8 Å². The predicted octanol–water partition coefficient (Wildman–Crippen LogP) is 1.59. The topological polar surface area (TPSA) is 27.7 Å². The van der Waals surface area contributed by atoms with Gasteiger partial charge in [-0.05, 0) is 25.0 Å². The van der Waals surface area contributed by atoms with Crippen LogP contribution in [0.4, 0.5) is 0 Å². The molecule has 0 aliphatic carbocycles. The van der Waals surface area contributed by atoms with E-state index in [0.717, 1.165) is 38.9 Å². The molecule has 0 N–H and O–H groups in total. The predicted molar refractivity (Wildman–Crippen MR) is 46.1 cm³/mol. The number of hydrogen-bond acceptors (Lipinski definition) is 3. The molecule has 3 aliphatic rings. The Morgan fingerprint density at radius 2 is 1.38 bits per heavy atom. The van der Waals surface area contributed by atoms with Crippen molar-refractivity contribution < 1.29 is 14.2 Å².